The maximum atomic E-state index is 5.21. The van der Waals surface area contributed by atoms with Gasteiger partial charge in [0, 0.05) is 20.0 Å². The number of hydrogen-bond donors (Lipinski definition) is 1. The lowest BCUT2D eigenvalue weighted by atomic mass is 10.3. The van der Waals surface area contributed by atoms with Crippen molar-refractivity contribution in [3.8, 4) is 12.3 Å². The molecule has 0 aliphatic rings. The number of terminal acetylenes is 1. The van der Waals surface area contributed by atoms with Gasteiger partial charge in [0.25, 0.3) is 0 Å². The summed E-state index contributed by atoms with van der Waals surface area (Å²) in [6, 6.07) is 0.115. The second-order valence-electron chi connectivity index (χ2n) is 2.93. The number of nitrogens with one attached hydrogen (secondary N) is 1. The van der Waals surface area contributed by atoms with Crippen LogP contribution in [0.4, 0.5) is 0 Å². The molecule has 0 radical (unpaired) electrons. The molecule has 1 unspecified atom stereocenters. The predicted molar refractivity (Wildman–Crippen MR) is 51.0 cm³/mol. The summed E-state index contributed by atoms with van der Waals surface area (Å²) in [5, 5.41) is 7.31. The lowest BCUT2D eigenvalue weighted by Gasteiger charge is -2.04. The minimum Gasteiger partial charge on any atom is -0.303 e. The first-order valence-corrected chi connectivity index (χ1v) is 4.26. The molecule has 70 valence electrons. The molecule has 0 bridgehead atoms. The van der Waals surface area contributed by atoms with Gasteiger partial charge in [0.2, 0.25) is 0 Å². The van der Waals surface area contributed by atoms with Crippen LogP contribution in [0.1, 0.15) is 12.7 Å². The third-order valence-electron chi connectivity index (χ3n) is 1.70. The monoisotopic (exact) mass is 178 g/mol. The first kappa shape index (κ1) is 9.75. The summed E-state index contributed by atoms with van der Waals surface area (Å²) in [7, 11) is 1.86. The van der Waals surface area contributed by atoms with E-state index in [0.29, 0.717) is 0 Å². The van der Waals surface area contributed by atoms with Crippen LogP contribution in [0.5, 0.6) is 0 Å². The molecule has 1 N–H and O–H groups in total. The molecule has 4 heteroatoms. The molecular formula is C9H14N4. The summed E-state index contributed by atoms with van der Waals surface area (Å²) in [6.07, 6.45) is 7.71. The lowest BCUT2D eigenvalue weighted by Crippen LogP contribution is -2.26. The van der Waals surface area contributed by atoms with Gasteiger partial charge in [0.15, 0.2) is 5.82 Å². The number of aryl methyl sites for hydroxylation is 1. The molecule has 0 amide bonds. The minimum atomic E-state index is 0.115. The molecule has 0 aliphatic heterocycles. The van der Waals surface area contributed by atoms with Crippen LogP contribution >= 0.6 is 0 Å². The van der Waals surface area contributed by atoms with Gasteiger partial charge in [-0.3, -0.25) is 4.68 Å². The molecule has 0 saturated heterocycles. The fraction of sp³-hybridized carbons (Fsp3) is 0.556. The zero-order chi connectivity index (χ0) is 9.68. The van der Waals surface area contributed by atoms with Crippen molar-refractivity contribution < 1.29 is 0 Å². The Morgan fingerprint density at radius 3 is 3.08 bits per heavy atom. The average Bonchev–Trinajstić information content (AvgIpc) is 2.51. The highest BCUT2D eigenvalue weighted by atomic mass is 15.3. The van der Waals surface area contributed by atoms with Crippen molar-refractivity contribution in [3.63, 3.8) is 0 Å². The molecule has 13 heavy (non-hydrogen) atoms. The Balaban J connectivity index is 2.25. The van der Waals surface area contributed by atoms with Crippen molar-refractivity contribution in [1.29, 1.82) is 0 Å². The first-order chi connectivity index (χ1) is 6.22. The van der Waals surface area contributed by atoms with Crippen molar-refractivity contribution in [2.24, 2.45) is 7.05 Å². The molecule has 4 nitrogen and oxygen atoms in total. The minimum absolute atomic E-state index is 0.115. The van der Waals surface area contributed by atoms with Crippen LogP contribution < -0.4 is 5.32 Å². The Labute approximate surface area is 78.4 Å². The maximum absolute atomic E-state index is 5.21. The Morgan fingerprint density at radius 2 is 2.54 bits per heavy atom. The Kier molecular flexibility index (Phi) is 3.47. The molecule has 1 atom stereocenters. The van der Waals surface area contributed by atoms with Crippen LogP contribution in [0.15, 0.2) is 6.33 Å². The van der Waals surface area contributed by atoms with Gasteiger partial charge in [-0.15, -0.1) is 6.42 Å². The standard InChI is InChI=1S/C9H14N4/c1-4-8(2)10-6-5-9-11-7-13(3)12-9/h1,7-8,10H,5-6H2,2-3H3. The molecule has 0 spiro atoms. The van der Waals surface area contributed by atoms with E-state index in [0.717, 1.165) is 18.8 Å². The Bertz CT molecular complexity index is 297. The van der Waals surface area contributed by atoms with E-state index in [1.54, 1.807) is 11.0 Å². The lowest BCUT2D eigenvalue weighted by molar-refractivity contribution is 0.629. The summed E-state index contributed by atoms with van der Waals surface area (Å²) < 4.78 is 1.69. The summed E-state index contributed by atoms with van der Waals surface area (Å²) in [5.74, 6) is 3.45. The third-order valence-corrected chi connectivity index (χ3v) is 1.70. The summed E-state index contributed by atoms with van der Waals surface area (Å²) in [5.41, 5.74) is 0. The van der Waals surface area contributed by atoms with E-state index in [1.807, 2.05) is 14.0 Å². The van der Waals surface area contributed by atoms with Crippen molar-refractivity contribution in [3.05, 3.63) is 12.2 Å². The van der Waals surface area contributed by atoms with Gasteiger partial charge in [-0.25, -0.2) is 4.98 Å². The van der Waals surface area contributed by atoms with Crippen LogP contribution in [0.3, 0.4) is 0 Å². The smallest absolute Gasteiger partial charge is 0.151 e. The van der Waals surface area contributed by atoms with E-state index in [1.165, 1.54) is 0 Å². The average molecular weight is 178 g/mol. The summed E-state index contributed by atoms with van der Waals surface area (Å²) in [4.78, 5) is 4.10. The maximum Gasteiger partial charge on any atom is 0.151 e. The highest BCUT2D eigenvalue weighted by molar-refractivity contribution is 4.96. The number of rotatable bonds is 4. The van der Waals surface area contributed by atoms with Crippen molar-refractivity contribution >= 4 is 0 Å². The summed E-state index contributed by atoms with van der Waals surface area (Å²) >= 11 is 0. The topological polar surface area (TPSA) is 42.7 Å². The van der Waals surface area contributed by atoms with E-state index in [2.05, 4.69) is 21.3 Å². The number of nitrogens with zero attached hydrogens (tertiary/aromatic N) is 3. The fourth-order valence-corrected chi connectivity index (χ4v) is 0.958. The molecule has 0 aliphatic carbocycles. The van der Waals surface area contributed by atoms with Gasteiger partial charge in [0.1, 0.15) is 6.33 Å². The predicted octanol–water partition coefficient (Wildman–Crippen LogP) is -0.0311. The molecule has 1 aromatic heterocycles. The molecule has 0 aromatic carbocycles. The highest BCUT2D eigenvalue weighted by Gasteiger charge is 1.99. The third kappa shape index (κ3) is 3.26. The van der Waals surface area contributed by atoms with E-state index < -0.39 is 0 Å². The van der Waals surface area contributed by atoms with Gasteiger partial charge in [-0.05, 0) is 6.92 Å². The van der Waals surface area contributed by atoms with Crippen LogP contribution in [0.25, 0.3) is 0 Å². The normalized spacial score (nSPS) is 12.4. The van der Waals surface area contributed by atoms with Crippen LogP contribution in [-0.2, 0) is 13.5 Å². The van der Waals surface area contributed by atoms with Crippen molar-refractivity contribution in [2.75, 3.05) is 6.54 Å². The van der Waals surface area contributed by atoms with Gasteiger partial charge >= 0.3 is 0 Å². The van der Waals surface area contributed by atoms with Crippen LogP contribution in [0.2, 0.25) is 0 Å². The largest absolute Gasteiger partial charge is 0.303 e. The molecule has 0 saturated carbocycles. The summed E-state index contributed by atoms with van der Waals surface area (Å²) in [6.45, 7) is 2.77. The van der Waals surface area contributed by atoms with Gasteiger partial charge in [-0.2, -0.15) is 5.10 Å². The van der Waals surface area contributed by atoms with Gasteiger partial charge in [0.05, 0.1) is 6.04 Å². The van der Waals surface area contributed by atoms with Gasteiger partial charge in [-0.1, -0.05) is 5.92 Å². The molecule has 1 rings (SSSR count). The fourth-order valence-electron chi connectivity index (χ4n) is 0.958. The van der Waals surface area contributed by atoms with E-state index in [9.17, 15) is 0 Å². The van der Waals surface area contributed by atoms with Crippen LogP contribution in [-0.4, -0.2) is 27.4 Å². The Morgan fingerprint density at radius 1 is 1.77 bits per heavy atom. The second-order valence-corrected chi connectivity index (χ2v) is 2.93. The van der Waals surface area contributed by atoms with E-state index in [-0.39, 0.29) is 6.04 Å². The molecule has 0 fully saturated rings. The van der Waals surface area contributed by atoms with E-state index >= 15 is 0 Å². The van der Waals surface area contributed by atoms with Crippen molar-refractivity contribution in [1.82, 2.24) is 20.1 Å². The van der Waals surface area contributed by atoms with Crippen molar-refractivity contribution in [2.45, 2.75) is 19.4 Å². The molecule has 1 heterocycles. The van der Waals surface area contributed by atoms with Gasteiger partial charge < -0.3 is 5.32 Å². The SMILES string of the molecule is C#CC(C)NCCc1ncn(C)n1. The number of hydrogen-bond acceptors (Lipinski definition) is 3. The van der Waals surface area contributed by atoms with E-state index in [4.69, 9.17) is 6.42 Å². The zero-order valence-electron chi connectivity index (χ0n) is 7.99. The highest BCUT2D eigenvalue weighted by Crippen LogP contribution is 1.88. The zero-order valence-corrected chi connectivity index (χ0v) is 7.99. The molecule has 1 aromatic rings. The molecular weight excluding hydrogens is 164 g/mol. The Hall–Kier alpha value is -1.34. The van der Waals surface area contributed by atoms with Crippen LogP contribution in [0, 0.1) is 12.3 Å². The quantitative estimate of drug-likeness (QED) is 0.658. The first-order valence-electron chi connectivity index (χ1n) is 4.26. The number of aromatic nitrogens is 3. The second kappa shape index (κ2) is 4.63.